The Labute approximate surface area is 43.1 Å². The van der Waals surface area contributed by atoms with Crippen molar-refractivity contribution in [3.05, 3.63) is 18.9 Å². The van der Waals surface area contributed by atoms with Crippen LogP contribution in [-0.2, 0) is 4.57 Å². The summed E-state index contributed by atoms with van der Waals surface area (Å²) in [5, 5.41) is 0. The highest BCUT2D eigenvalue weighted by Gasteiger charge is 1.88. The van der Waals surface area contributed by atoms with Gasteiger partial charge in [-0.05, 0) is 4.57 Å². The molecule has 3 nitrogen and oxygen atoms in total. The summed E-state index contributed by atoms with van der Waals surface area (Å²) in [6.45, 7) is 6.25. The monoisotopic (exact) mass is 120 g/mol. The third-order valence-electron chi connectivity index (χ3n) is 0. The van der Waals surface area contributed by atoms with Crippen LogP contribution in [0.1, 0.15) is 0 Å². The van der Waals surface area contributed by atoms with Gasteiger partial charge in [-0.15, -0.1) is 10.6 Å². The van der Waals surface area contributed by atoms with Crippen LogP contribution in [0.5, 0.6) is 0 Å². The molecule has 0 saturated heterocycles. The molecule has 0 aromatic rings. The summed E-state index contributed by atoms with van der Waals surface area (Å²) in [7, 11) is -2.37. The lowest BCUT2D eigenvalue weighted by Crippen LogP contribution is -1.68. The van der Waals surface area contributed by atoms with E-state index in [1.807, 2.05) is 0 Å². The molecule has 0 heterocycles. The van der Waals surface area contributed by atoms with Crippen LogP contribution in [0, 0.1) is 0 Å². The molecule has 40 valence electrons. The van der Waals surface area contributed by atoms with Crippen molar-refractivity contribution >= 4 is 8.18 Å². The number of hydrogen-bond acceptors (Lipinski definition) is 1. The molecule has 0 spiro atoms. The van der Waals surface area contributed by atoms with Crippen LogP contribution in [-0.4, -0.2) is 4.89 Å². The zero-order chi connectivity index (χ0) is 6.28. The molecule has 0 aliphatic rings. The third-order valence-corrected chi connectivity index (χ3v) is 0. The number of nitrogens with two attached hydrogens (primary N) is 1. The summed E-state index contributed by atoms with van der Waals surface area (Å²) < 4.78 is 8.93. The van der Waals surface area contributed by atoms with Crippen molar-refractivity contribution in [3.8, 4) is 0 Å². The molecule has 0 rings (SSSR count). The Kier molecular flexibility index (Phi) is 12.7. The van der Waals surface area contributed by atoms with Crippen molar-refractivity contribution in [1.29, 1.82) is 0 Å². The molecule has 4 heteroatoms. The summed E-state index contributed by atoms with van der Waals surface area (Å²) >= 11 is 0. The van der Waals surface area contributed by atoms with Gasteiger partial charge in [0, 0.05) is 0 Å². The van der Waals surface area contributed by atoms with Gasteiger partial charge in [0.05, 0.1) is 0 Å². The first-order valence-electron chi connectivity index (χ1n) is 1.35. The first-order valence-corrected chi connectivity index (χ1v) is 2.63. The average molecular weight is 120 g/mol. The molecule has 0 aliphatic carbocycles. The quantitative estimate of drug-likeness (QED) is 0.362. The fraction of sp³-hybridized carbons (Fsp3) is 0. The van der Waals surface area contributed by atoms with E-state index in [9.17, 15) is 0 Å². The lowest BCUT2D eigenvalue weighted by Gasteiger charge is -1.36. The molecule has 3 N–H and O–H groups in total. The average Bonchev–Trinajstić information content (AvgIpc) is 1.33. The van der Waals surface area contributed by atoms with Gasteiger partial charge in [-0.2, -0.15) is 0 Å². The normalized spacial score (nSPS) is 7.43. The lowest BCUT2D eigenvalue weighted by atomic mass is 11.0. The molecule has 1 atom stereocenters. The molecule has 7 heavy (non-hydrogen) atoms. The van der Waals surface area contributed by atoms with Gasteiger partial charge in [0.2, 0.25) is 0 Å². The fourth-order valence-corrected chi connectivity index (χ4v) is 0. The SMILES string of the molecule is C=C=C.N[P+](=O)O. The molecule has 0 aliphatic heterocycles. The highest BCUT2D eigenvalue weighted by atomic mass is 31.1. The van der Waals surface area contributed by atoms with Crippen LogP contribution in [0.3, 0.4) is 0 Å². The minimum Gasteiger partial charge on any atom is -0.144 e. The second-order valence-electron chi connectivity index (χ2n) is 0.553. The maximum absolute atomic E-state index is 8.93. The van der Waals surface area contributed by atoms with E-state index in [0.29, 0.717) is 0 Å². The van der Waals surface area contributed by atoms with Gasteiger partial charge in [0.25, 0.3) is 0 Å². The molecular weight excluding hydrogens is 113 g/mol. The molecule has 0 saturated carbocycles. The van der Waals surface area contributed by atoms with Crippen LogP contribution in [0.4, 0.5) is 0 Å². The number of rotatable bonds is 0. The van der Waals surface area contributed by atoms with E-state index >= 15 is 0 Å². The topological polar surface area (TPSA) is 63.3 Å². The molecule has 0 bridgehead atoms. The summed E-state index contributed by atoms with van der Waals surface area (Å²) in [6.07, 6.45) is 0. The van der Waals surface area contributed by atoms with Crippen LogP contribution in [0.2, 0.25) is 0 Å². The van der Waals surface area contributed by atoms with Crippen molar-refractivity contribution in [2.45, 2.75) is 0 Å². The highest BCUT2D eigenvalue weighted by molar-refractivity contribution is 7.35. The standard InChI is InChI=1S/C3H4.H2NO2P/c1-3-2;1-4(2)3/h1-2H2;(H2-,1,2,3)/p+1. The van der Waals surface area contributed by atoms with Gasteiger partial charge in [0.15, 0.2) is 0 Å². The molecular formula is C3H7NO2P+. The maximum Gasteiger partial charge on any atom is 0.607 e. The molecule has 0 radical (unpaired) electrons. The lowest BCUT2D eigenvalue weighted by molar-refractivity contribution is 0.504. The van der Waals surface area contributed by atoms with Crippen molar-refractivity contribution in [2.75, 3.05) is 0 Å². The predicted octanol–water partition coefficient (Wildman–Crippen LogP) is 0.552. The highest BCUT2D eigenvalue weighted by Crippen LogP contribution is 1.91. The fourth-order valence-electron chi connectivity index (χ4n) is 0. The maximum atomic E-state index is 8.93. The van der Waals surface area contributed by atoms with Gasteiger partial charge in [0.1, 0.15) is 0 Å². The van der Waals surface area contributed by atoms with Crippen molar-refractivity contribution in [1.82, 2.24) is 0 Å². The van der Waals surface area contributed by atoms with Crippen LogP contribution >= 0.6 is 8.18 Å². The summed E-state index contributed by atoms with van der Waals surface area (Å²) in [5.41, 5.74) is 6.43. The first-order chi connectivity index (χ1) is 3.15. The second kappa shape index (κ2) is 9.11. The minimum atomic E-state index is -2.37. The zero-order valence-corrected chi connectivity index (χ0v) is 4.69. The van der Waals surface area contributed by atoms with Gasteiger partial charge in [-0.3, -0.25) is 0 Å². The van der Waals surface area contributed by atoms with E-state index in [-0.39, 0.29) is 0 Å². The molecule has 0 amide bonds. The van der Waals surface area contributed by atoms with Crippen LogP contribution in [0.25, 0.3) is 0 Å². The Morgan fingerprint density at radius 3 is 1.71 bits per heavy atom. The molecule has 0 aromatic heterocycles. The van der Waals surface area contributed by atoms with E-state index in [4.69, 9.17) is 9.46 Å². The van der Waals surface area contributed by atoms with Crippen molar-refractivity contribution in [2.24, 2.45) is 5.50 Å². The first kappa shape index (κ1) is 9.74. The summed E-state index contributed by atoms with van der Waals surface area (Å²) in [5.74, 6) is 0. The minimum absolute atomic E-state index is 2.25. The van der Waals surface area contributed by atoms with E-state index in [1.54, 1.807) is 0 Å². The Balaban J connectivity index is 0. The van der Waals surface area contributed by atoms with Gasteiger partial charge < -0.3 is 0 Å². The predicted molar refractivity (Wildman–Crippen MR) is 28.8 cm³/mol. The van der Waals surface area contributed by atoms with E-state index in [2.05, 4.69) is 24.4 Å². The summed E-state index contributed by atoms with van der Waals surface area (Å²) in [4.78, 5) is 7.34. The van der Waals surface area contributed by atoms with Gasteiger partial charge in [-0.25, -0.2) is 0 Å². The Morgan fingerprint density at radius 2 is 1.71 bits per heavy atom. The van der Waals surface area contributed by atoms with E-state index < -0.39 is 8.18 Å². The number of hydrogen-bond donors (Lipinski definition) is 2. The smallest absolute Gasteiger partial charge is 0.144 e. The Morgan fingerprint density at radius 1 is 1.71 bits per heavy atom. The Hall–Kier alpha value is -0.460. The molecule has 1 unspecified atom stereocenters. The van der Waals surface area contributed by atoms with E-state index in [0.717, 1.165) is 0 Å². The van der Waals surface area contributed by atoms with Gasteiger partial charge >= 0.3 is 8.18 Å². The van der Waals surface area contributed by atoms with Crippen LogP contribution in [0.15, 0.2) is 18.9 Å². The van der Waals surface area contributed by atoms with Crippen LogP contribution < -0.4 is 5.50 Å². The second-order valence-corrected chi connectivity index (χ2v) is 1.16. The Bertz CT molecular complexity index is 80.9. The van der Waals surface area contributed by atoms with E-state index in [1.165, 1.54) is 0 Å². The van der Waals surface area contributed by atoms with Gasteiger partial charge in [-0.1, -0.05) is 18.7 Å². The third kappa shape index (κ3) is 328. The zero-order valence-electron chi connectivity index (χ0n) is 3.79. The van der Waals surface area contributed by atoms with Crippen molar-refractivity contribution in [3.63, 3.8) is 0 Å². The largest absolute Gasteiger partial charge is 0.607 e. The summed E-state index contributed by atoms with van der Waals surface area (Å²) in [6, 6.07) is 0. The molecule has 0 fully saturated rings. The molecule has 0 aromatic carbocycles. The van der Waals surface area contributed by atoms with Crippen molar-refractivity contribution < 1.29 is 9.46 Å².